The van der Waals surface area contributed by atoms with Gasteiger partial charge in [0.05, 0.1) is 6.10 Å². The molecule has 0 bridgehead atoms. The summed E-state index contributed by atoms with van der Waals surface area (Å²) in [4.78, 5) is 6.27. The first-order valence-electron chi connectivity index (χ1n) is 5.61. The van der Waals surface area contributed by atoms with E-state index in [1.165, 1.54) is 0 Å². The summed E-state index contributed by atoms with van der Waals surface area (Å²) in [6, 6.07) is 2.27. The molecule has 1 aliphatic rings. The summed E-state index contributed by atoms with van der Waals surface area (Å²) in [6.07, 6.45) is 3.33. The van der Waals surface area contributed by atoms with Crippen molar-refractivity contribution in [2.75, 3.05) is 0 Å². The Hall–Kier alpha value is -1.05. The molecule has 18 heavy (non-hydrogen) atoms. The van der Waals surface area contributed by atoms with E-state index in [0.717, 1.165) is 37.8 Å². The predicted octanol–water partition coefficient (Wildman–Crippen LogP) is 2.12. The van der Waals surface area contributed by atoms with Gasteiger partial charge in [-0.3, -0.25) is 4.84 Å². The number of hydrogen-bond donors (Lipinski definition) is 1. The van der Waals surface area contributed by atoms with Crippen molar-refractivity contribution in [3.63, 3.8) is 0 Å². The van der Waals surface area contributed by atoms with E-state index in [1.54, 1.807) is 0 Å². The standard InChI is InChI=1S/C11H13F2NO3S/c12-8-5-6-11(10(13)7-8)18(15,16)14-17-9-3-1-2-4-9/h5-7,9,14H,1-4H2. The van der Waals surface area contributed by atoms with Gasteiger partial charge in [0.25, 0.3) is 10.0 Å². The summed E-state index contributed by atoms with van der Waals surface area (Å²) in [5.41, 5.74) is 0. The smallest absolute Gasteiger partial charge is 0.265 e. The van der Waals surface area contributed by atoms with Crippen molar-refractivity contribution in [1.82, 2.24) is 4.89 Å². The molecule has 0 aromatic heterocycles. The van der Waals surface area contributed by atoms with Crippen LogP contribution in [0.3, 0.4) is 0 Å². The van der Waals surface area contributed by atoms with Crippen LogP contribution < -0.4 is 4.89 Å². The second kappa shape index (κ2) is 5.29. The summed E-state index contributed by atoms with van der Waals surface area (Å²) < 4.78 is 49.5. The third-order valence-electron chi connectivity index (χ3n) is 2.81. The van der Waals surface area contributed by atoms with Crippen LogP contribution in [0.2, 0.25) is 0 Å². The van der Waals surface area contributed by atoms with Crippen LogP contribution in [0, 0.1) is 11.6 Å². The molecule has 0 radical (unpaired) electrons. The van der Waals surface area contributed by atoms with E-state index < -0.39 is 26.6 Å². The molecule has 0 spiro atoms. The number of halogens is 2. The van der Waals surface area contributed by atoms with Gasteiger partial charge in [-0.05, 0) is 25.0 Å². The van der Waals surface area contributed by atoms with Crippen LogP contribution in [0.25, 0.3) is 0 Å². The number of rotatable bonds is 4. The fourth-order valence-electron chi connectivity index (χ4n) is 1.88. The van der Waals surface area contributed by atoms with Crippen molar-refractivity contribution < 1.29 is 22.0 Å². The maximum atomic E-state index is 13.3. The average Bonchev–Trinajstić information content (AvgIpc) is 2.78. The third kappa shape index (κ3) is 3.04. The quantitative estimate of drug-likeness (QED) is 0.858. The molecule has 1 aliphatic carbocycles. The van der Waals surface area contributed by atoms with E-state index in [9.17, 15) is 17.2 Å². The van der Waals surface area contributed by atoms with Gasteiger partial charge in [-0.2, -0.15) is 0 Å². The lowest BCUT2D eigenvalue weighted by atomic mass is 10.3. The van der Waals surface area contributed by atoms with E-state index in [-0.39, 0.29) is 6.10 Å². The first kappa shape index (κ1) is 13.4. The number of benzene rings is 1. The van der Waals surface area contributed by atoms with Crippen LogP contribution in [0.15, 0.2) is 23.1 Å². The van der Waals surface area contributed by atoms with Crippen molar-refractivity contribution in [2.45, 2.75) is 36.7 Å². The van der Waals surface area contributed by atoms with E-state index in [2.05, 4.69) is 0 Å². The summed E-state index contributed by atoms with van der Waals surface area (Å²) in [6.45, 7) is 0. The van der Waals surface area contributed by atoms with Crippen LogP contribution in [-0.2, 0) is 14.9 Å². The maximum absolute atomic E-state index is 13.3. The van der Waals surface area contributed by atoms with Gasteiger partial charge >= 0.3 is 0 Å². The molecule has 0 heterocycles. The summed E-state index contributed by atoms with van der Waals surface area (Å²) in [5.74, 6) is -1.97. The molecular weight excluding hydrogens is 264 g/mol. The lowest BCUT2D eigenvalue weighted by Gasteiger charge is -2.12. The van der Waals surface area contributed by atoms with Crippen LogP contribution in [-0.4, -0.2) is 14.5 Å². The molecule has 1 saturated carbocycles. The number of nitrogens with one attached hydrogen (secondary N) is 1. The lowest BCUT2D eigenvalue weighted by molar-refractivity contribution is 0.0222. The van der Waals surface area contributed by atoms with Crippen LogP contribution in [0.4, 0.5) is 8.78 Å². The Morgan fingerprint density at radius 3 is 2.50 bits per heavy atom. The number of sulfonamides is 1. The Bertz CT molecular complexity index is 527. The SMILES string of the molecule is O=S(=O)(NOC1CCCC1)c1ccc(F)cc1F. The van der Waals surface area contributed by atoms with E-state index >= 15 is 0 Å². The van der Waals surface area contributed by atoms with Gasteiger partial charge in [0.1, 0.15) is 16.5 Å². The Morgan fingerprint density at radius 1 is 1.22 bits per heavy atom. The third-order valence-corrected chi connectivity index (χ3v) is 4.04. The van der Waals surface area contributed by atoms with E-state index in [0.29, 0.717) is 6.07 Å². The summed E-state index contributed by atoms with van der Waals surface area (Å²) in [7, 11) is -4.11. The first-order chi connectivity index (χ1) is 8.49. The normalized spacial score (nSPS) is 17.2. The maximum Gasteiger partial charge on any atom is 0.265 e. The Balaban J connectivity index is 2.09. The monoisotopic (exact) mass is 277 g/mol. The molecule has 0 aliphatic heterocycles. The van der Waals surface area contributed by atoms with Crippen LogP contribution in [0.1, 0.15) is 25.7 Å². The zero-order chi connectivity index (χ0) is 13.2. The molecule has 7 heteroatoms. The van der Waals surface area contributed by atoms with Gasteiger partial charge in [-0.15, -0.1) is 0 Å². The molecule has 0 atom stereocenters. The largest absolute Gasteiger partial charge is 0.284 e. The Kier molecular flexibility index (Phi) is 3.94. The zero-order valence-electron chi connectivity index (χ0n) is 9.53. The second-order valence-corrected chi connectivity index (χ2v) is 5.80. The predicted molar refractivity (Wildman–Crippen MR) is 60.0 cm³/mol. The molecule has 1 N–H and O–H groups in total. The molecular formula is C11H13F2NO3S. The molecule has 100 valence electrons. The molecule has 0 saturated heterocycles. The van der Waals surface area contributed by atoms with Gasteiger partial charge < -0.3 is 0 Å². The fraction of sp³-hybridized carbons (Fsp3) is 0.455. The summed E-state index contributed by atoms with van der Waals surface area (Å²) >= 11 is 0. The highest BCUT2D eigenvalue weighted by atomic mass is 32.2. The fourth-order valence-corrected chi connectivity index (χ4v) is 2.79. The van der Waals surface area contributed by atoms with Gasteiger partial charge in [-0.1, -0.05) is 17.7 Å². The molecule has 1 fully saturated rings. The lowest BCUT2D eigenvalue weighted by Crippen LogP contribution is -2.29. The molecule has 1 aromatic rings. The van der Waals surface area contributed by atoms with Crippen LogP contribution >= 0.6 is 0 Å². The van der Waals surface area contributed by atoms with Crippen molar-refractivity contribution in [1.29, 1.82) is 0 Å². The van der Waals surface area contributed by atoms with E-state index in [4.69, 9.17) is 4.84 Å². The van der Waals surface area contributed by atoms with E-state index in [1.807, 2.05) is 4.89 Å². The van der Waals surface area contributed by atoms with Gasteiger partial charge in [-0.25, -0.2) is 17.2 Å². The second-order valence-electron chi connectivity index (χ2n) is 4.19. The average molecular weight is 277 g/mol. The molecule has 4 nitrogen and oxygen atoms in total. The van der Waals surface area contributed by atoms with Gasteiger partial charge in [0.2, 0.25) is 0 Å². The molecule has 2 rings (SSSR count). The highest BCUT2D eigenvalue weighted by Gasteiger charge is 2.23. The van der Waals surface area contributed by atoms with Crippen LogP contribution in [0.5, 0.6) is 0 Å². The minimum atomic E-state index is -4.11. The van der Waals surface area contributed by atoms with Crippen molar-refractivity contribution in [2.24, 2.45) is 0 Å². The highest BCUT2D eigenvalue weighted by Crippen LogP contribution is 2.21. The van der Waals surface area contributed by atoms with Crippen molar-refractivity contribution >= 4 is 10.0 Å². The highest BCUT2D eigenvalue weighted by molar-refractivity contribution is 7.89. The van der Waals surface area contributed by atoms with Gasteiger partial charge in [0.15, 0.2) is 0 Å². The summed E-state index contributed by atoms with van der Waals surface area (Å²) in [5, 5.41) is 0. The van der Waals surface area contributed by atoms with Crippen molar-refractivity contribution in [3.8, 4) is 0 Å². The van der Waals surface area contributed by atoms with Gasteiger partial charge in [0, 0.05) is 6.07 Å². The molecule has 0 amide bonds. The topological polar surface area (TPSA) is 55.4 Å². The Morgan fingerprint density at radius 2 is 1.89 bits per heavy atom. The molecule has 0 unspecified atom stereocenters. The minimum absolute atomic E-state index is 0.178. The van der Waals surface area contributed by atoms with Crippen molar-refractivity contribution in [3.05, 3.63) is 29.8 Å². The minimum Gasteiger partial charge on any atom is -0.284 e. The number of hydrogen-bond acceptors (Lipinski definition) is 3. The molecule has 1 aromatic carbocycles. The first-order valence-corrected chi connectivity index (χ1v) is 7.10. The zero-order valence-corrected chi connectivity index (χ0v) is 10.3. The Labute approximate surface area is 104 Å².